The van der Waals surface area contributed by atoms with Crippen molar-refractivity contribution in [1.82, 2.24) is 0 Å². The standard InChI is InChI=1S/3C7H6O5.Bi.H2O/c3*8-4-1-3(7(11)12)2-5(9)6(4)10;;/h3*1-2,8-10H,(H,11,12);;1H2/q;;;+3;/p-3. The molecule has 202 valence electrons. The van der Waals surface area contributed by atoms with Crippen LogP contribution >= 0.6 is 0 Å². The fraction of sp³-hybridized carbons (Fsp3) is 0. The molecule has 0 aliphatic heterocycles. The Bertz CT molecular complexity index is 1090. The minimum Gasteiger partial charge on any atom is -0.867 e. The first-order valence-electron chi connectivity index (χ1n) is 8.95. The molecule has 0 spiro atoms. The Morgan fingerprint density at radius 1 is 0.447 bits per heavy atom. The number of hydrogen-bond donors (Lipinski definition) is 9. The number of carboxylic acid groups (broad SMARTS) is 3. The number of hydrogen-bond acceptors (Lipinski definition) is 12. The molecule has 0 aliphatic rings. The Kier molecular flexibility index (Phi) is 13.6. The maximum atomic E-state index is 10.7. The molecule has 3 aromatic rings. The topological polar surface area (TPSA) is 334 Å². The molecule has 2 radical (unpaired) electrons. The first kappa shape index (κ1) is 35.3. The molecule has 0 saturated carbocycles. The van der Waals surface area contributed by atoms with Gasteiger partial charge in [0.1, 0.15) is 34.5 Å². The minimum atomic E-state index is -1.32. The maximum Gasteiger partial charge on any atom is 3.00 e. The third-order valence-electron chi connectivity index (χ3n) is 3.89. The van der Waals surface area contributed by atoms with Crippen molar-refractivity contribution in [2.75, 3.05) is 0 Å². The largest absolute Gasteiger partial charge is 3.00 e. The molecule has 0 unspecified atom stereocenters. The van der Waals surface area contributed by atoms with Gasteiger partial charge in [-0.05, 0) is 53.6 Å². The second-order valence-electron chi connectivity index (χ2n) is 6.45. The molecule has 0 saturated heterocycles. The van der Waals surface area contributed by atoms with Crippen molar-refractivity contribution in [1.29, 1.82) is 0 Å². The van der Waals surface area contributed by atoms with Crippen LogP contribution in [0.1, 0.15) is 31.1 Å². The average molecular weight is 734 g/mol. The van der Waals surface area contributed by atoms with Crippen LogP contribution in [-0.4, -0.2) is 95.5 Å². The summed E-state index contributed by atoms with van der Waals surface area (Å²) in [5, 5.41) is 110. The van der Waals surface area contributed by atoms with Gasteiger partial charge in [0.2, 0.25) is 0 Å². The zero-order valence-corrected chi connectivity index (χ0v) is 21.9. The van der Waals surface area contributed by atoms with Crippen LogP contribution in [-0.2, 0) is 0 Å². The van der Waals surface area contributed by atoms with Gasteiger partial charge in [-0.2, -0.15) is 0 Å². The molecule has 0 aromatic heterocycles. The van der Waals surface area contributed by atoms with Crippen LogP contribution in [0.25, 0.3) is 0 Å². The summed E-state index contributed by atoms with van der Waals surface area (Å²) in [6.07, 6.45) is 0. The van der Waals surface area contributed by atoms with Crippen molar-refractivity contribution in [3.05, 3.63) is 53.1 Å². The molecular formula is C21H17BiO16. The fourth-order valence-electron chi connectivity index (χ4n) is 2.17. The van der Waals surface area contributed by atoms with Crippen molar-refractivity contribution >= 4 is 44.1 Å². The summed E-state index contributed by atoms with van der Waals surface area (Å²) in [5.41, 5.74) is -0.987. The predicted octanol–water partition coefficient (Wildman–Crippen LogP) is -1.60. The smallest absolute Gasteiger partial charge is 0.867 e. The summed E-state index contributed by atoms with van der Waals surface area (Å²) < 4.78 is 0. The van der Waals surface area contributed by atoms with Gasteiger partial charge < -0.3 is 66.8 Å². The molecule has 0 bridgehead atoms. The predicted molar refractivity (Wildman–Crippen MR) is 118 cm³/mol. The number of phenols is 6. The van der Waals surface area contributed by atoms with Crippen molar-refractivity contribution in [3.63, 3.8) is 0 Å². The van der Waals surface area contributed by atoms with E-state index in [9.17, 15) is 29.7 Å². The van der Waals surface area contributed by atoms with Gasteiger partial charge in [-0.1, -0.05) is 0 Å². The van der Waals surface area contributed by atoms with E-state index in [1.165, 1.54) is 0 Å². The van der Waals surface area contributed by atoms with E-state index in [4.69, 9.17) is 46.0 Å². The molecule has 0 atom stereocenters. The normalized spacial score (nSPS) is 9.16. The van der Waals surface area contributed by atoms with E-state index in [-0.39, 0.29) is 48.4 Å². The van der Waals surface area contributed by atoms with Crippen molar-refractivity contribution in [2.45, 2.75) is 0 Å². The van der Waals surface area contributed by atoms with Gasteiger partial charge in [-0.25, -0.2) is 14.4 Å². The molecule has 16 nitrogen and oxygen atoms in total. The number of aromatic carboxylic acids is 3. The third-order valence-corrected chi connectivity index (χ3v) is 3.89. The third kappa shape index (κ3) is 9.29. The number of carbonyl (C=O) groups is 3. The van der Waals surface area contributed by atoms with Crippen molar-refractivity contribution < 1.29 is 81.1 Å². The van der Waals surface area contributed by atoms with Gasteiger partial charge in [-0.3, -0.25) is 0 Å². The van der Waals surface area contributed by atoms with E-state index in [0.29, 0.717) is 0 Å². The summed E-state index contributed by atoms with van der Waals surface area (Å²) >= 11 is 0. The van der Waals surface area contributed by atoms with Crippen LogP contribution in [0.5, 0.6) is 51.7 Å². The van der Waals surface area contributed by atoms with E-state index in [1.54, 1.807) is 0 Å². The molecule has 0 amide bonds. The molecule has 0 heterocycles. The Morgan fingerprint density at radius 2 is 0.579 bits per heavy atom. The van der Waals surface area contributed by atoms with Gasteiger partial charge in [-0.15, -0.1) is 0 Å². The van der Waals surface area contributed by atoms with Crippen LogP contribution in [0.4, 0.5) is 0 Å². The second kappa shape index (κ2) is 14.6. The summed E-state index contributed by atoms with van der Waals surface area (Å²) in [6.45, 7) is 0. The molecule has 3 aromatic carbocycles. The molecule has 0 aliphatic carbocycles. The summed E-state index contributed by atoms with van der Waals surface area (Å²) in [4.78, 5) is 30.9. The quantitative estimate of drug-likeness (QED) is 0.137. The van der Waals surface area contributed by atoms with Crippen LogP contribution in [0.15, 0.2) is 36.4 Å². The van der Waals surface area contributed by atoms with E-state index >= 15 is 0 Å². The van der Waals surface area contributed by atoms with E-state index in [1.807, 2.05) is 0 Å². The van der Waals surface area contributed by atoms with Gasteiger partial charge >= 0.3 is 44.1 Å². The number of carboxylic acids is 3. The number of aromatic hydroxyl groups is 6. The maximum absolute atomic E-state index is 10.7. The van der Waals surface area contributed by atoms with Crippen LogP contribution in [0, 0.1) is 0 Å². The SMILES string of the molecule is O.O=C(O)c1cc(O)c([O-])c(O)c1.O=C(O)c1cc(O)c([O-])c(O)c1.O=C(O)c1cc(O)c([O-])c(O)c1.[Bi+3]. The first-order chi connectivity index (χ1) is 16.6. The van der Waals surface area contributed by atoms with Crippen LogP contribution < -0.4 is 15.3 Å². The van der Waals surface area contributed by atoms with Crippen LogP contribution in [0.3, 0.4) is 0 Å². The van der Waals surface area contributed by atoms with Crippen LogP contribution in [0.2, 0.25) is 0 Å². The molecule has 38 heavy (non-hydrogen) atoms. The number of rotatable bonds is 3. The average Bonchev–Trinajstić information content (AvgIpc) is 2.79. The Morgan fingerprint density at radius 3 is 0.684 bits per heavy atom. The van der Waals surface area contributed by atoms with Gasteiger partial charge in [0, 0.05) is 0 Å². The second-order valence-corrected chi connectivity index (χ2v) is 6.45. The molecule has 17 heteroatoms. The molecule has 3 rings (SSSR count). The van der Waals surface area contributed by atoms with Gasteiger partial charge in [0.05, 0.1) is 16.7 Å². The Balaban J connectivity index is 0. The summed E-state index contributed by atoms with van der Waals surface area (Å²) in [6, 6.07) is 4.69. The summed E-state index contributed by atoms with van der Waals surface area (Å²) in [5.74, 6) is -11.5. The fourth-order valence-corrected chi connectivity index (χ4v) is 2.17. The van der Waals surface area contributed by atoms with Gasteiger partial charge in [0.15, 0.2) is 0 Å². The zero-order chi connectivity index (χ0) is 27.9. The van der Waals surface area contributed by atoms with Crippen molar-refractivity contribution in [3.8, 4) is 51.7 Å². The molecular weight excluding hydrogens is 717 g/mol. The minimum absolute atomic E-state index is 0. The molecule has 0 fully saturated rings. The summed E-state index contributed by atoms with van der Waals surface area (Å²) in [7, 11) is 0. The Labute approximate surface area is 229 Å². The Hall–Kier alpha value is -4.89. The van der Waals surface area contributed by atoms with Gasteiger partial charge in [0.25, 0.3) is 0 Å². The first-order valence-corrected chi connectivity index (χ1v) is 8.95. The van der Waals surface area contributed by atoms with E-state index in [2.05, 4.69) is 0 Å². The monoisotopic (exact) mass is 734 g/mol. The molecule has 11 N–H and O–H groups in total. The number of phenolic OH excluding ortho intramolecular Hbond substituents is 6. The van der Waals surface area contributed by atoms with E-state index in [0.717, 1.165) is 36.4 Å². The zero-order valence-electron chi connectivity index (χ0n) is 18.4. The van der Waals surface area contributed by atoms with E-state index < -0.39 is 69.7 Å². The van der Waals surface area contributed by atoms with Crippen molar-refractivity contribution in [2.24, 2.45) is 0 Å². The number of benzene rings is 3.